The first-order valence-corrected chi connectivity index (χ1v) is 6.98. The lowest BCUT2D eigenvalue weighted by Gasteiger charge is -2.24. The van der Waals surface area contributed by atoms with Crippen LogP contribution in [0.3, 0.4) is 0 Å². The molecule has 1 saturated carbocycles. The fourth-order valence-electron chi connectivity index (χ4n) is 2.85. The van der Waals surface area contributed by atoms with Crippen LogP contribution in [0.25, 0.3) is 0 Å². The van der Waals surface area contributed by atoms with Crippen LogP contribution in [0.5, 0.6) is 0 Å². The number of hydrogen-bond donors (Lipinski definition) is 1. The van der Waals surface area contributed by atoms with Crippen LogP contribution in [-0.4, -0.2) is 20.8 Å². The molecule has 1 heterocycles. The molecule has 0 saturated heterocycles. The van der Waals surface area contributed by atoms with E-state index in [4.69, 9.17) is 0 Å². The van der Waals surface area contributed by atoms with Crippen LogP contribution in [0, 0.1) is 5.92 Å². The van der Waals surface area contributed by atoms with E-state index in [-0.39, 0.29) is 6.10 Å². The number of imidazole rings is 1. The van der Waals surface area contributed by atoms with Gasteiger partial charge in [0.15, 0.2) is 0 Å². The summed E-state index contributed by atoms with van der Waals surface area (Å²) in [7, 11) is 0. The number of nitrogens with zero attached hydrogens (tertiary/aromatic N) is 2. The third-order valence-corrected chi connectivity index (χ3v) is 3.84. The van der Waals surface area contributed by atoms with Gasteiger partial charge in [0.05, 0.1) is 12.4 Å². The van der Waals surface area contributed by atoms with Gasteiger partial charge in [-0.15, -0.1) is 0 Å². The second-order valence-electron chi connectivity index (χ2n) is 5.34. The minimum absolute atomic E-state index is 0.0957. The molecule has 0 aliphatic heterocycles. The molecule has 1 atom stereocenters. The predicted octanol–water partition coefficient (Wildman–Crippen LogP) is 2.99. The molecule has 0 bridgehead atoms. The molecule has 17 heavy (non-hydrogen) atoms. The van der Waals surface area contributed by atoms with Crippen molar-refractivity contribution in [3.8, 4) is 0 Å². The van der Waals surface area contributed by atoms with Crippen molar-refractivity contribution < 1.29 is 5.11 Å². The summed E-state index contributed by atoms with van der Waals surface area (Å²) in [4.78, 5) is 4.01. The number of hydrogen-bond acceptors (Lipinski definition) is 2. The van der Waals surface area contributed by atoms with Gasteiger partial charge in [-0.25, -0.2) is 4.98 Å². The number of aryl methyl sites for hydroxylation is 1. The molecule has 0 spiro atoms. The molecule has 0 radical (unpaired) electrons. The average molecular weight is 236 g/mol. The van der Waals surface area contributed by atoms with E-state index in [1.54, 1.807) is 6.20 Å². The second-order valence-corrected chi connectivity index (χ2v) is 5.34. The Bertz CT molecular complexity index is 291. The highest BCUT2D eigenvalue weighted by Gasteiger charge is 2.17. The van der Waals surface area contributed by atoms with Crippen LogP contribution in [0.2, 0.25) is 0 Å². The van der Waals surface area contributed by atoms with Gasteiger partial charge in [-0.2, -0.15) is 0 Å². The van der Waals surface area contributed by atoms with Gasteiger partial charge in [-0.05, 0) is 25.2 Å². The molecule has 2 rings (SSSR count). The summed E-state index contributed by atoms with van der Waals surface area (Å²) in [5.74, 6) is 0.784. The summed E-state index contributed by atoms with van der Waals surface area (Å²) in [5.41, 5.74) is 0. The summed E-state index contributed by atoms with van der Waals surface area (Å²) in [6.45, 7) is 0.974. The quantitative estimate of drug-likeness (QED) is 0.824. The Morgan fingerprint density at radius 1 is 1.29 bits per heavy atom. The Hall–Kier alpha value is -0.830. The fraction of sp³-hybridized carbons (Fsp3) is 0.786. The van der Waals surface area contributed by atoms with Crippen LogP contribution in [0.15, 0.2) is 18.7 Å². The van der Waals surface area contributed by atoms with Gasteiger partial charge in [0.25, 0.3) is 0 Å². The molecule has 1 aliphatic rings. The summed E-state index contributed by atoms with van der Waals surface area (Å²) in [5, 5.41) is 10.0. The predicted molar refractivity (Wildman–Crippen MR) is 68.7 cm³/mol. The van der Waals surface area contributed by atoms with Crippen LogP contribution < -0.4 is 0 Å². The Kier molecular flexibility index (Phi) is 5.05. The maximum atomic E-state index is 10.0. The second kappa shape index (κ2) is 6.80. The Balaban J connectivity index is 1.58. The van der Waals surface area contributed by atoms with Gasteiger partial charge in [0.1, 0.15) is 0 Å². The number of aliphatic hydroxyl groups excluding tert-OH is 1. The molecule has 1 aromatic rings. The molecule has 0 amide bonds. The first kappa shape index (κ1) is 12.6. The zero-order valence-corrected chi connectivity index (χ0v) is 10.6. The summed E-state index contributed by atoms with van der Waals surface area (Å²) >= 11 is 0. The molecule has 96 valence electrons. The molecule has 1 aliphatic carbocycles. The largest absolute Gasteiger partial charge is 0.393 e. The van der Waals surface area contributed by atoms with Gasteiger partial charge in [-0.1, -0.05) is 32.1 Å². The third kappa shape index (κ3) is 4.50. The highest BCUT2D eigenvalue weighted by Crippen LogP contribution is 2.28. The van der Waals surface area contributed by atoms with E-state index in [0.29, 0.717) is 0 Å². The van der Waals surface area contributed by atoms with Crippen LogP contribution >= 0.6 is 0 Å². The molecule has 3 nitrogen and oxygen atoms in total. The Labute approximate surface area is 104 Å². The Morgan fingerprint density at radius 2 is 2.12 bits per heavy atom. The van der Waals surface area contributed by atoms with Gasteiger partial charge < -0.3 is 9.67 Å². The van der Waals surface area contributed by atoms with Crippen LogP contribution in [0.1, 0.15) is 51.4 Å². The van der Waals surface area contributed by atoms with Crippen LogP contribution in [-0.2, 0) is 6.54 Å². The lowest BCUT2D eigenvalue weighted by atomic mass is 9.85. The van der Waals surface area contributed by atoms with E-state index >= 15 is 0 Å². The first-order chi connectivity index (χ1) is 8.34. The highest BCUT2D eigenvalue weighted by atomic mass is 16.3. The smallest absolute Gasteiger partial charge is 0.0945 e. The van der Waals surface area contributed by atoms with Crippen molar-refractivity contribution >= 4 is 0 Å². The SMILES string of the molecule is OC(CCCn1ccnc1)CC1CCCCC1. The van der Waals surface area contributed by atoms with Crippen molar-refractivity contribution in [1.29, 1.82) is 0 Å². The summed E-state index contributed by atoms with van der Waals surface area (Å²) in [6, 6.07) is 0. The molecule has 1 aromatic heterocycles. The molecule has 3 heteroatoms. The fourth-order valence-corrected chi connectivity index (χ4v) is 2.85. The Morgan fingerprint density at radius 3 is 2.82 bits per heavy atom. The molecule has 0 aromatic carbocycles. The van der Waals surface area contributed by atoms with Gasteiger partial charge >= 0.3 is 0 Å². The molecule has 1 fully saturated rings. The van der Waals surface area contributed by atoms with E-state index in [9.17, 15) is 5.11 Å². The van der Waals surface area contributed by atoms with E-state index in [0.717, 1.165) is 31.7 Å². The van der Waals surface area contributed by atoms with Crippen molar-refractivity contribution in [1.82, 2.24) is 9.55 Å². The third-order valence-electron chi connectivity index (χ3n) is 3.84. The first-order valence-electron chi connectivity index (χ1n) is 6.98. The lowest BCUT2D eigenvalue weighted by Crippen LogP contribution is -2.16. The van der Waals surface area contributed by atoms with Crippen molar-refractivity contribution in [3.05, 3.63) is 18.7 Å². The van der Waals surface area contributed by atoms with Gasteiger partial charge in [-0.3, -0.25) is 0 Å². The lowest BCUT2D eigenvalue weighted by molar-refractivity contribution is 0.118. The highest BCUT2D eigenvalue weighted by molar-refractivity contribution is 4.74. The van der Waals surface area contributed by atoms with Gasteiger partial charge in [0, 0.05) is 18.9 Å². The van der Waals surface area contributed by atoms with Gasteiger partial charge in [0.2, 0.25) is 0 Å². The van der Waals surface area contributed by atoms with Crippen LogP contribution in [0.4, 0.5) is 0 Å². The topological polar surface area (TPSA) is 38.0 Å². The van der Waals surface area contributed by atoms with Crippen molar-refractivity contribution in [2.75, 3.05) is 0 Å². The molecular formula is C14H24N2O. The standard InChI is InChI=1S/C14H24N2O/c17-14(11-13-5-2-1-3-6-13)7-4-9-16-10-8-15-12-16/h8,10,12-14,17H,1-7,9,11H2. The maximum absolute atomic E-state index is 10.0. The zero-order valence-electron chi connectivity index (χ0n) is 10.6. The summed E-state index contributed by atoms with van der Waals surface area (Å²) < 4.78 is 2.08. The molecule has 1 unspecified atom stereocenters. The molecular weight excluding hydrogens is 212 g/mol. The van der Waals surface area contributed by atoms with Crippen molar-refractivity contribution in [2.45, 2.75) is 64.0 Å². The van der Waals surface area contributed by atoms with Crippen molar-refractivity contribution in [2.24, 2.45) is 5.92 Å². The van der Waals surface area contributed by atoms with E-state index in [1.165, 1.54) is 32.1 Å². The number of aromatic nitrogens is 2. The molecule has 1 N–H and O–H groups in total. The van der Waals surface area contributed by atoms with E-state index in [1.807, 2.05) is 12.5 Å². The minimum Gasteiger partial charge on any atom is -0.393 e. The number of aliphatic hydroxyl groups is 1. The van der Waals surface area contributed by atoms with E-state index < -0.39 is 0 Å². The maximum Gasteiger partial charge on any atom is 0.0945 e. The normalized spacial score (nSPS) is 19.4. The van der Waals surface area contributed by atoms with E-state index in [2.05, 4.69) is 9.55 Å². The summed E-state index contributed by atoms with van der Waals surface area (Å²) in [6.07, 6.45) is 15.3. The monoisotopic (exact) mass is 236 g/mol. The van der Waals surface area contributed by atoms with Crippen molar-refractivity contribution in [3.63, 3.8) is 0 Å². The average Bonchev–Trinajstić information content (AvgIpc) is 2.83. The minimum atomic E-state index is -0.0957. The zero-order chi connectivity index (χ0) is 11.9. The number of rotatable bonds is 6.